The first-order valence-electron chi connectivity index (χ1n) is 10.5. The third-order valence-corrected chi connectivity index (χ3v) is 5.93. The van der Waals surface area contributed by atoms with Gasteiger partial charge in [-0.3, -0.25) is 10.1 Å². The van der Waals surface area contributed by atoms with Crippen LogP contribution in [0.25, 0.3) is 5.69 Å². The van der Waals surface area contributed by atoms with Gasteiger partial charge in [-0.25, -0.2) is 0 Å². The van der Waals surface area contributed by atoms with Crippen molar-refractivity contribution in [1.29, 1.82) is 0 Å². The molecule has 30 heavy (non-hydrogen) atoms. The Morgan fingerprint density at radius 2 is 1.73 bits per heavy atom. The van der Waals surface area contributed by atoms with Gasteiger partial charge in [0, 0.05) is 6.54 Å². The van der Waals surface area contributed by atoms with Crippen LogP contribution in [0.3, 0.4) is 0 Å². The molecule has 1 fully saturated rings. The van der Waals surface area contributed by atoms with Crippen molar-refractivity contribution < 1.29 is 4.79 Å². The van der Waals surface area contributed by atoms with Crippen LogP contribution < -0.4 is 10.6 Å². The summed E-state index contributed by atoms with van der Waals surface area (Å²) in [4.78, 5) is 12.5. The predicted molar refractivity (Wildman–Crippen MR) is 115 cm³/mol. The minimum Gasteiger partial charge on any atom is -0.351 e. The lowest BCUT2D eigenvalue weighted by Gasteiger charge is -2.29. The van der Waals surface area contributed by atoms with Crippen molar-refractivity contribution in [3.63, 3.8) is 0 Å². The van der Waals surface area contributed by atoms with Crippen molar-refractivity contribution in [1.82, 2.24) is 30.8 Å². The molecule has 2 N–H and O–H groups in total. The zero-order valence-electron chi connectivity index (χ0n) is 17.6. The minimum atomic E-state index is -0.400. The molecule has 1 aliphatic rings. The highest BCUT2D eigenvalue weighted by Crippen LogP contribution is 2.38. The molecule has 1 aliphatic carbocycles. The lowest BCUT2D eigenvalue weighted by molar-refractivity contribution is -0.120. The molecule has 3 aromatic rings. The fraction of sp³-hybridized carbons (Fsp3) is 0.391. The highest BCUT2D eigenvalue weighted by Gasteiger charge is 2.41. The van der Waals surface area contributed by atoms with E-state index in [1.165, 1.54) is 0 Å². The topological polar surface area (TPSA) is 84.7 Å². The zero-order valence-corrected chi connectivity index (χ0v) is 17.6. The maximum Gasteiger partial charge on any atom is 0.234 e. The number of benzene rings is 2. The summed E-state index contributed by atoms with van der Waals surface area (Å²) < 4.78 is 1.85. The van der Waals surface area contributed by atoms with E-state index >= 15 is 0 Å². The second-order valence-electron chi connectivity index (χ2n) is 8.06. The normalized spacial score (nSPS) is 15.3. The third kappa shape index (κ3) is 4.11. The van der Waals surface area contributed by atoms with Crippen molar-refractivity contribution in [2.45, 2.75) is 51.6 Å². The van der Waals surface area contributed by atoms with Gasteiger partial charge in [-0.2, -0.15) is 4.68 Å². The second kappa shape index (κ2) is 8.75. The Hall–Kier alpha value is -3.06. The Balaban J connectivity index is 1.52. The molecule has 0 unspecified atom stereocenters. The molecule has 0 atom stereocenters. The lowest BCUT2D eigenvalue weighted by Crippen LogP contribution is -2.47. The van der Waals surface area contributed by atoms with Crippen LogP contribution in [0.4, 0.5) is 0 Å². The molecule has 0 aliphatic heterocycles. The molecule has 1 saturated carbocycles. The van der Waals surface area contributed by atoms with Gasteiger partial charge in [0.15, 0.2) is 5.82 Å². The fourth-order valence-corrected chi connectivity index (χ4v) is 4.34. The van der Waals surface area contributed by atoms with Gasteiger partial charge in [-0.1, -0.05) is 61.4 Å². The lowest BCUT2D eigenvalue weighted by atomic mass is 9.95. The molecule has 7 heteroatoms. The summed E-state index contributed by atoms with van der Waals surface area (Å²) >= 11 is 0. The van der Waals surface area contributed by atoms with Crippen molar-refractivity contribution in [2.24, 2.45) is 0 Å². The third-order valence-electron chi connectivity index (χ3n) is 5.93. The quantitative estimate of drug-likeness (QED) is 0.632. The molecule has 2 aromatic carbocycles. The summed E-state index contributed by atoms with van der Waals surface area (Å²) in [5.74, 6) is 0.754. The molecule has 1 amide bonds. The van der Waals surface area contributed by atoms with Crippen LogP contribution in [0.1, 0.15) is 48.2 Å². The van der Waals surface area contributed by atoms with Gasteiger partial charge in [0.1, 0.15) is 0 Å². The van der Waals surface area contributed by atoms with Crippen LogP contribution in [0.15, 0.2) is 48.5 Å². The molecule has 156 valence electrons. The van der Waals surface area contributed by atoms with Crippen molar-refractivity contribution in [2.75, 3.05) is 6.54 Å². The number of rotatable bonds is 7. The van der Waals surface area contributed by atoms with Gasteiger partial charge in [-0.05, 0) is 53.8 Å². The number of aryl methyl sites for hydroxylation is 2. The van der Waals surface area contributed by atoms with E-state index in [1.54, 1.807) is 0 Å². The van der Waals surface area contributed by atoms with E-state index in [2.05, 4.69) is 52.1 Å². The Bertz CT molecular complexity index is 987. The van der Waals surface area contributed by atoms with E-state index in [4.69, 9.17) is 0 Å². The number of nitrogens with zero attached hydrogens (tertiary/aromatic N) is 4. The molecule has 0 radical (unpaired) electrons. The van der Waals surface area contributed by atoms with Gasteiger partial charge in [0.05, 0.1) is 17.8 Å². The number of aromatic nitrogens is 4. The highest BCUT2D eigenvalue weighted by molar-refractivity contribution is 5.78. The van der Waals surface area contributed by atoms with E-state index in [0.29, 0.717) is 6.54 Å². The van der Waals surface area contributed by atoms with Crippen molar-refractivity contribution >= 4 is 5.91 Å². The number of nitrogens with one attached hydrogen (secondary N) is 2. The van der Waals surface area contributed by atoms with Crippen LogP contribution >= 0.6 is 0 Å². The number of amides is 1. The van der Waals surface area contributed by atoms with E-state index in [-0.39, 0.29) is 12.5 Å². The Morgan fingerprint density at radius 1 is 1.03 bits per heavy atom. The van der Waals surface area contributed by atoms with Crippen LogP contribution in [-0.4, -0.2) is 32.7 Å². The molecule has 1 aromatic heterocycles. The maximum atomic E-state index is 12.5. The molecular formula is C23H28N6O. The number of hydrogen-bond acceptors (Lipinski definition) is 5. The number of para-hydroxylation sites is 1. The first-order valence-corrected chi connectivity index (χ1v) is 10.5. The number of hydrogen-bond donors (Lipinski definition) is 2. The first-order chi connectivity index (χ1) is 14.6. The summed E-state index contributed by atoms with van der Waals surface area (Å²) in [6, 6.07) is 16.1. The SMILES string of the molecule is Cc1cccc(C)c1-n1nnnc1C1(NCC(=O)NCc2ccccc2)CCCC1. The first kappa shape index (κ1) is 20.2. The Kier molecular flexibility index (Phi) is 5.90. The molecular weight excluding hydrogens is 376 g/mol. The smallest absolute Gasteiger partial charge is 0.234 e. The molecule has 0 spiro atoms. The minimum absolute atomic E-state index is 0.0313. The van der Waals surface area contributed by atoms with Gasteiger partial charge in [-0.15, -0.1) is 5.10 Å². The van der Waals surface area contributed by atoms with E-state index in [9.17, 15) is 4.79 Å². The highest BCUT2D eigenvalue weighted by atomic mass is 16.1. The molecule has 0 bridgehead atoms. The van der Waals surface area contributed by atoms with Gasteiger partial charge in [0.25, 0.3) is 0 Å². The number of carbonyl (C=O) groups excluding carboxylic acids is 1. The average Bonchev–Trinajstić information content (AvgIpc) is 3.42. The Morgan fingerprint density at radius 3 is 2.43 bits per heavy atom. The molecule has 1 heterocycles. The molecule has 7 nitrogen and oxygen atoms in total. The molecule has 4 rings (SSSR count). The van der Waals surface area contributed by atoms with Gasteiger partial charge >= 0.3 is 0 Å². The molecule has 0 saturated heterocycles. The van der Waals surface area contributed by atoms with Crippen molar-refractivity contribution in [3.05, 3.63) is 71.0 Å². The summed E-state index contributed by atoms with van der Waals surface area (Å²) in [6.07, 6.45) is 3.98. The van der Waals surface area contributed by atoms with Gasteiger partial charge < -0.3 is 5.32 Å². The largest absolute Gasteiger partial charge is 0.351 e. The van der Waals surface area contributed by atoms with Crippen LogP contribution in [0.2, 0.25) is 0 Å². The number of carbonyl (C=O) groups is 1. The van der Waals surface area contributed by atoms with Crippen LogP contribution in [-0.2, 0) is 16.9 Å². The average molecular weight is 405 g/mol. The summed E-state index contributed by atoms with van der Waals surface area (Å²) in [7, 11) is 0. The maximum absolute atomic E-state index is 12.5. The van der Waals surface area contributed by atoms with Crippen molar-refractivity contribution in [3.8, 4) is 5.69 Å². The van der Waals surface area contributed by atoms with Crippen LogP contribution in [0, 0.1) is 13.8 Å². The summed E-state index contributed by atoms with van der Waals surface area (Å²) in [5, 5.41) is 19.2. The van der Waals surface area contributed by atoms with E-state index in [0.717, 1.165) is 53.9 Å². The fourth-order valence-electron chi connectivity index (χ4n) is 4.34. The summed E-state index contributed by atoms with van der Waals surface area (Å²) in [6.45, 7) is 4.89. The standard InChI is InChI=1S/C23H28N6O/c1-17-9-8-10-18(2)21(17)29-22(26-27-28-29)23(13-6-7-14-23)25-16-20(30)24-15-19-11-4-3-5-12-19/h3-5,8-12,25H,6-7,13-16H2,1-2H3,(H,24,30). The second-order valence-corrected chi connectivity index (χ2v) is 8.06. The zero-order chi connectivity index (χ0) is 21.0. The number of tetrazole rings is 1. The predicted octanol–water partition coefficient (Wildman–Crippen LogP) is 2.95. The van der Waals surface area contributed by atoms with E-state index in [1.807, 2.05) is 41.1 Å². The van der Waals surface area contributed by atoms with Gasteiger partial charge in [0.2, 0.25) is 5.91 Å². The Labute approximate surface area is 176 Å². The monoisotopic (exact) mass is 404 g/mol. The summed E-state index contributed by atoms with van der Waals surface area (Å²) in [5.41, 5.74) is 3.94. The van der Waals surface area contributed by atoms with Crippen LogP contribution in [0.5, 0.6) is 0 Å². The van der Waals surface area contributed by atoms with E-state index < -0.39 is 5.54 Å².